The second-order valence-electron chi connectivity index (χ2n) is 8.57. The van der Waals surface area contributed by atoms with Gasteiger partial charge in [0.05, 0.1) is 10.5 Å². The second kappa shape index (κ2) is 9.40. The van der Waals surface area contributed by atoms with E-state index in [0.717, 1.165) is 31.5 Å². The third-order valence-corrected chi connectivity index (χ3v) is 6.06. The maximum Gasteiger partial charge on any atom is 0.338 e. The van der Waals surface area contributed by atoms with Crippen molar-refractivity contribution >= 4 is 34.7 Å². The molecule has 4 rings (SSSR count). The fourth-order valence-electron chi connectivity index (χ4n) is 4.33. The fraction of sp³-hybridized carbons (Fsp3) is 0.375. The maximum atomic E-state index is 12.5. The van der Waals surface area contributed by atoms with Gasteiger partial charge in [0, 0.05) is 36.8 Å². The van der Waals surface area contributed by atoms with Crippen LogP contribution in [-0.4, -0.2) is 42.3 Å². The molecule has 172 valence electrons. The Morgan fingerprint density at radius 1 is 1.18 bits per heavy atom. The minimum atomic E-state index is -0.796. The van der Waals surface area contributed by atoms with Gasteiger partial charge in [-0.05, 0) is 61.1 Å². The molecule has 0 aliphatic carbocycles. The van der Waals surface area contributed by atoms with Gasteiger partial charge in [-0.3, -0.25) is 19.7 Å². The first-order chi connectivity index (χ1) is 15.8. The molecule has 1 fully saturated rings. The number of nitro benzene ring substituents is 1. The van der Waals surface area contributed by atoms with Crippen molar-refractivity contribution in [3.05, 3.63) is 63.2 Å². The Morgan fingerprint density at radius 3 is 2.73 bits per heavy atom. The van der Waals surface area contributed by atoms with Crippen LogP contribution in [0, 0.1) is 16.0 Å². The van der Waals surface area contributed by atoms with E-state index < -0.39 is 23.3 Å². The smallest absolute Gasteiger partial charge is 0.338 e. The first kappa shape index (κ1) is 22.4. The van der Waals surface area contributed by atoms with E-state index in [-0.39, 0.29) is 17.2 Å². The molecule has 0 spiro atoms. The van der Waals surface area contributed by atoms with Crippen molar-refractivity contribution in [1.29, 1.82) is 0 Å². The summed E-state index contributed by atoms with van der Waals surface area (Å²) in [5.74, 6) is -0.814. The molecular weight excluding hydrogens is 426 g/mol. The fourth-order valence-corrected chi connectivity index (χ4v) is 4.33. The highest BCUT2D eigenvalue weighted by atomic mass is 16.6. The van der Waals surface area contributed by atoms with E-state index in [1.165, 1.54) is 12.1 Å². The van der Waals surface area contributed by atoms with Crippen LogP contribution in [0.1, 0.15) is 52.5 Å². The number of amides is 1. The van der Waals surface area contributed by atoms with Gasteiger partial charge in [-0.15, -0.1) is 0 Å². The molecular formula is C24H25N3O6. The Morgan fingerprint density at radius 2 is 1.97 bits per heavy atom. The molecule has 9 heteroatoms. The van der Waals surface area contributed by atoms with E-state index in [0.29, 0.717) is 35.7 Å². The number of carbonyl (C=O) groups is 3. The predicted octanol–water partition coefficient (Wildman–Crippen LogP) is 3.76. The molecule has 2 aromatic carbocycles. The van der Waals surface area contributed by atoms with Crippen LogP contribution in [0.4, 0.5) is 17.1 Å². The van der Waals surface area contributed by atoms with E-state index >= 15 is 0 Å². The van der Waals surface area contributed by atoms with Crippen LogP contribution in [0.3, 0.4) is 0 Å². The number of anilines is 2. The van der Waals surface area contributed by atoms with Crippen LogP contribution in [0.5, 0.6) is 0 Å². The van der Waals surface area contributed by atoms with Gasteiger partial charge >= 0.3 is 5.97 Å². The van der Waals surface area contributed by atoms with Gasteiger partial charge in [0.25, 0.3) is 5.69 Å². The largest absolute Gasteiger partial charge is 0.454 e. The van der Waals surface area contributed by atoms with E-state index in [2.05, 4.69) is 12.2 Å². The van der Waals surface area contributed by atoms with E-state index in [1.807, 2.05) is 4.90 Å². The topological polar surface area (TPSA) is 119 Å². The summed E-state index contributed by atoms with van der Waals surface area (Å²) >= 11 is 0. The van der Waals surface area contributed by atoms with Crippen molar-refractivity contribution in [1.82, 2.24) is 0 Å². The number of piperidine rings is 1. The summed E-state index contributed by atoms with van der Waals surface area (Å²) in [7, 11) is 0. The number of ether oxygens (including phenoxy) is 1. The number of benzene rings is 2. The molecule has 2 heterocycles. The lowest BCUT2D eigenvalue weighted by Crippen LogP contribution is -2.34. The monoisotopic (exact) mass is 451 g/mol. The minimum absolute atomic E-state index is 0.0245. The zero-order valence-electron chi connectivity index (χ0n) is 18.3. The number of nitrogens with zero attached hydrogens (tertiary/aromatic N) is 2. The third kappa shape index (κ3) is 5.02. The zero-order chi connectivity index (χ0) is 23.5. The number of nitrogens with one attached hydrogen (secondary N) is 1. The van der Waals surface area contributed by atoms with Crippen LogP contribution < -0.4 is 10.2 Å². The summed E-state index contributed by atoms with van der Waals surface area (Å²) in [5, 5.41) is 14.4. The normalized spacial score (nSPS) is 17.7. The molecule has 9 nitrogen and oxygen atoms in total. The summed E-state index contributed by atoms with van der Waals surface area (Å²) < 4.78 is 5.15. The molecule has 33 heavy (non-hydrogen) atoms. The lowest BCUT2D eigenvalue weighted by molar-refractivity contribution is -0.384. The number of esters is 1. The van der Waals surface area contributed by atoms with Gasteiger partial charge in [0.2, 0.25) is 5.91 Å². The average molecular weight is 451 g/mol. The van der Waals surface area contributed by atoms with Crippen molar-refractivity contribution in [3.8, 4) is 0 Å². The van der Waals surface area contributed by atoms with Crippen LogP contribution in [-0.2, 0) is 16.0 Å². The number of fused-ring (bicyclic) bond motifs is 1. The maximum absolute atomic E-state index is 12.5. The Bertz CT molecular complexity index is 1130. The average Bonchev–Trinajstić information content (AvgIpc) is 2.81. The molecule has 2 aliphatic rings. The number of aryl methyl sites for hydroxylation is 1. The van der Waals surface area contributed by atoms with Crippen molar-refractivity contribution < 1.29 is 24.0 Å². The molecule has 1 unspecified atom stereocenters. The number of nitro groups is 1. The molecule has 1 amide bonds. The second-order valence-corrected chi connectivity index (χ2v) is 8.57. The summed E-state index contributed by atoms with van der Waals surface area (Å²) in [6.07, 6.45) is 2.93. The summed E-state index contributed by atoms with van der Waals surface area (Å²) in [6.45, 7) is 3.08. The molecule has 1 atom stereocenters. The molecule has 0 aromatic heterocycles. The Labute approximate surface area is 190 Å². The highest BCUT2D eigenvalue weighted by Gasteiger charge is 2.26. The number of hydrogen-bond donors (Lipinski definition) is 1. The van der Waals surface area contributed by atoms with Gasteiger partial charge in [0.1, 0.15) is 5.69 Å². The molecule has 0 radical (unpaired) electrons. The molecule has 1 N–H and O–H groups in total. The van der Waals surface area contributed by atoms with Crippen molar-refractivity contribution in [2.75, 3.05) is 29.9 Å². The Kier molecular flexibility index (Phi) is 6.39. The zero-order valence-corrected chi connectivity index (χ0v) is 18.3. The number of ketones is 1. The van der Waals surface area contributed by atoms with E-state index in [9.17, 15) is 24.5 Å². The van der Waals surface area contributed by atoms with E-state index in [1.54, 1.807) is 24.3 Å². The van der Waals surface area contributed by atoms with Crippen molar-refractivity contribution in [2.45, 2.75) is 32.6 Å². The standard InChI is InChI=1S/C24H25N3O6/c1-15-3-2-10-26(13-15)20-8-5-18(12-21(20)27(31)32)24(30)33-14-22(28)17-4-7-19-16(11-17)6-9-23(29)25-19/h4-5,7-8,11-12,15H,2-3,6,9-10,13-14H2,1H3,(H,25,29). The van der Waals surface area contributed by atoms with Gasteiger partial charge in [-0.25, -0.2) is 4.79 Å². The Hall–Kier alpha value is -3.75. The number of carbonyl (C=O) groups excluding carboxylic acids is 3. The quantitative estimate of drug-likeness (QED) is 0.307. The van der Waals surface area contributed by atoms with Gasteiger partial charge in [-0.1, -0.05) is 6.92 Å². The van der Waals surface area contributed by atoms with Crippen LogP contribution in [0.15, 0.2) is 36.4 Å². The number of rotatable bonds is 6. The Balaban J connectivity index is 1.44. The van der Waals surface area contributed by atoms with E-state index in [4.69, 9.17) is 4.74 Å². The number of Topliss-reactive ketones (excluding diaryl/α,β-unsaturated/α-hetero) is 1. The minimum Gasteiger partial charge on any atom is -0.454 e. The molecule has 0 saturated carbocycles. The van der Waals surface area contributed by atoms with Gasteiger partial charge < -0.3 is 15.0 Å². The van der Waals surface area contributed by atoms with Crippen LogP contribution in [0.2, 0.25) is 0 Å². The van der Waals surface area contributed by atoms with Crippen LogP contribution in [0.25, 0.3) is 0 Å². The first-order valence-electron chi connectivity index (χ1n) is 11.0. The van der Waals surface area contributed by atoms with Crippen molar-refractivity contribution in [2.24, 2.45) is 5.92 Å². The summed E-state index contributed by atoms with van der Waals surface area (Å²) in [6, 6.07) is 9.19. The SMILES string of the molecule is CC1CCCN(c2ccc(C(=O)OCC(=O)c3ccc4c(c3)CCC(=O)N4)cc2[N+](=O)[O-])C1. The molecule has 1 saturated heterocycles. The highest BCUT2D eigenvalue weighted by molar-refractivity contribution is 6.01. The molecule has 0 bridgehead atoms. The third-order valence-electron chi connectivity index (χ3n) is 6.06. The lowest BCUT2D eigenvalue weighted by atomic mass is 9.99. The summed E-state index contributed by atoms with van der Waals surface area (Å²) in [4.78, 5) is 49.6. The molecule has 2 aromatic rings. The highest BCUT2D eigenvalue weighted by Crippen LogP contribution is 2.32. The lowest BCUT2D eigenvalue weighted by Gasteiger charge is -2.32. The first-order valence-corrected chi connectivity index (χ1v) is 11.0. The predicted molar refractivity (Wildman–Crippen MR) is 122 cm³/mol. The van der Waals surface area contributed by atoms with Gasteiger partial charge in [-0.2, -0.15) is 0 Å². The molecule has 2 aliphatic heterocycles. The summed E-state index contributed by atoms with van der Waals surface area (Å²) in [5.41, 5.74) is 2.26. The van der Waals surface area contributed by atoms with Crippen molar-refractivity contribution in [3.63, 3.8) is 0 Å². The number of hydrogen-bond acceptors (Lipinski definition) is 7. The van der Waals surface area contributed by atoms with Crippen LogP contribution >= 0.6 is 0 Å². The van der Waals surface area contributed by atoms with Gasteiger partial charge in [0.15, 0.2) is 12.4 Å².